The van der Waals surface area contributed by atoms with Crippen molar-refractivity contribution in [2.75, 3.05) is 14.2 Å². The number of carbonyl (C=O) groups is 2. The Labute approximate surface area is 88.0 Å². The van der Waals surface area contributed by atoms with Gasteiger partial charge in [-0.25, -0.2) is 4.79 Å². The second-order valence-electron chi connectivity index (χ2n) is 2.27. The largest absolute Gasteiger partial charge is 0.497 e. The lowest BCUT2D eigenvalue weighted by atomic mass is 10.3. The number of carbonyl (C=O) groups excluding carboxylic acids is 2. The van der Waals surface area contributed by atoms with E-state index in [9.17, 15) is 9.59 Å². The number of alkyl carbamates (subject to hydrolysis) is 1. The van der Waals surface area contributed by atoms with Crippen LogP contribution in [0.4, 0.5) is 4.79 Å². The zero-order valence-corrected chi connectivity index (χ0v) is 8.60. The molecule has 0 bridgehead atoms. The molecule has 0 radical (unpaired) electrons. The number of methoxy groups -OCH3 is 1. The molecule has 0 aliphatic carbocycles. The summed E-state index contributed by atoms with van der Waals surface area (Å²) >= 11 is 0. The van der Waals surface area contributed by atoms with E-state index in [-0.39, 0.29) is 6.47 Å². The van der Waals surface area contributed by atoms with Gasteiger partial charge in [-0.05, 0) is 12.1 Å². The van der Waals surface area contributed by atoms with Crippen LogP contribution in [0.15, 0.2) is 30.3 Å². The van der Waals surface area contributed by atoms with Crippen molar-refractivity contribution in [1.82, 2.24) is 5.32 Å². The highest BCUT2D eigenvalue weighted by Gasteiger charge is 1.90. The fraction of sp³-hybridized carbons (Fsp3) is 0.200. The Balaban J connectivity index is 0.000000265. The fourth-order valence-electron chi connectivity index (χ4n) is 0.659. The van der Waals surface area contributed by atoms with E-state index in [0.717, 1.165) is 5.75 Å². The third-order valence-electron chi connectivity index (χ3n) is 1.34. The van der Waals surface area contributed by atoms with E-state index in [0.29, 0.717) is 0 Å². The molecule has 0 fully saturated rings. The van der Waals surface area contributed by atoms with Crippen LogP contribution < -0.4 is 10.1 Å². The van der Waals surface area contributed by atoms with Crippen LogP contribution in [-0.2, 0) is 9.53 Å². The summed E-state index contributed by atoms with van der Waals surface area (Å²) in [4.78, 5) is 19.1. The molecule has 0 heterocycles. The molecule has 0 atom stereocenters. The van der Waals surface area contributed by atoms with Crippen LogP contribution in [-0.4, -0.2) is 26.7 Å². The molecule has 1 aromatic rings. The van der Waals surface area contributed by atoms with Gasteiger partial charge < -0.3 is 14.8 Å². The van der Waals surface area contributed by atoms with Gasteiger partial charge in [-0.15, -0.1) is 0 Å². The summed E-state index contributed by atoms with van der Waals surface area (Å²) < 4.78 is 8.67. The van der Waals surface area contributed by atoms with Crippen molar-refractivity contribution in [2.45, 2.75) is 0 Å². The summed E-state index contributed by atoms with van der Waals surface area (Å²) in [6.07, 6.45) is -0.741. The molecule has 82 valence electrons. The second kappa shape index (κ2) is 8.55. The molecule has 1 rings (SSSR count). The average Bonchev–Trinajstić information content (AvgIpc) is 2.31. The van der Waals surface area contributed by atoms with Crippen molar-refractivity contribution < 1.29 is 19.1 Å². The van der Waals surface area contributed by atoms with Gasteiger partial charge in [0, 0.05) is 7.05 Å². The van der Waals surface area contributed by atoms with E-state index in [4.69, 9.17) is 4.74 Å². The maximum absolute atomic E-state index is 9.85. The Hall–Kier alpha value is -2.04. The van der Waals surface area contributed by atoms with Gasteiger partial charge in [0.05, 0.1) is 7.11 Å². The molecule has 1 aromatic carbocycles. The highest BCUT2D eigenvalue weighted by molar-refractivity contribution is 5.74. The first-order valence-electron chi connectivity index (χ1n) is 4.15. The highest BCUT2D eigenvalue weighted by Crippen LogP contribution is 2.05. The van der Waals surface area contributed by atoms with Gasteiger partial charge in [0.2, 0.25) is 0 Å². The van der Waals surface area contributed by atoms with E-state index in [1.54, 1.807) is 7.11 Å². The minimum Gasteiger partial charge on any atom is -0.497 e. The van der Waals surface area contributed by atoms with Crippen LogP contribution in [0, 0.1) is 0 Å². The lowest BCUT2D eigenvalue weighted by Crippen LogP contribution is -2.17. The summed E-state index contributed by atoms with van der Waals surface area (Å²) in [5.41, 5.74) is 0. The maximum atomic E-state index is 9.85. The lowest BCUT2D eigenvalue weighted by molar-refractivity contribution is -0.123. The van der Waals surface area contributed by atoms with E-state index in [1.165, 1.54) is 7.05 Å². The topological polar surface area (TPSA) is 64.6 Å². The maximum Gasteiger partial charge on any atom is 0.414 e. The number of hydrogen-bond donors (Lipinski definition) is 1. The normalized spacial score (nSPS) is 7.87. The Morgan fingerprint density at radius 1 is 1.33 bits per heavy atom. The van der Waals surface area contributed by atoms with Gasteiger partial charge >= 0.3 is 12.6 Å². The molecule has 0 aliphatic rings. The van der Waals surface area contributed by atoms with Crippen molar-refractivity contribution in [1.29, 1.82) is 0 Å². The lowest BCUT2D eigenvalue weighted by Gasteiger charge is -1.93. The van der Waals surface area contributed by atoms with Crippen molar-refractivity contribution >= 4 is 12.6 Å². The minimum absolute atomic E-state index is 0.0683. The van der Waals surface area contributed by atoms with Crippen LogP contribution >= 0.6 is 0 Å². The number of nitrogens with one attached hydrogen (secondary N) is 1. The molecular weight excluding hydrogens is 198 g/mol. The Morgan fingerprint density at radius 3 is 2.20 bits per heavy atom. The number of amides is 1. The molecule has 0 spiro atoms. The van der Waals surface area contributed by atoms with Gasteiger partial charge in [0.1, 0.15) is 5.75 Å². The summed E-state index contributed by atoms with van der Waals surface area (Å²) in [6, 6.07) is 9.68. The molecule has 0 aliphatic heterocycles. The van der Waals surface area contributed by atoms with E-state index in [1.807, 2.05) is 30.3 Å². The first-order chi connectivity index (χ1) is 7.24. The first kappa shape index (κ1) is 13.0. The van der Waals surface area contributed by atoms with Crippen LogP contribution in [0.1, 0.15) is 0 Å². The van der Waals surface area contributed by atoms with Gasteiger partial charge in [0.25, 0.3) is 0 Å². The predicted octanol–water partition coefficient (Wildman–Crippen LogP) is 1.19. The Bertz CT molecular complexity index is 287. The second-order valence-corrected chi connectivity index (χ2v) is 2.27. The number of rotatable bonds is 2. The Kier molecular flexibility index (Phi) is 7.39. The molecule has 15 heavy (non-hydrogen) atoms. The van der Waals surface area contributed by atoms with Crippen molar-refractivity contribution in [2.24, 2.45) is 0 Å². The molecule has 5 nitrogen and oxygen atoms in total. The fourth-order valence-corrected chi connectivity index (χ4v) is 0.659. The summed E-state index contributed by atoms with van der Waals surface area (Å²) in [5.74, 6) is 0.910. The van der Waals surface area contributed by atoms with Crippen LogP contribution in [0.3, 0.4) is 0 Å². The summed E-state index contributed by atoms with van der Waals surface area (Å²) in [6.45, 7) is 0.0683. The molecule has 5 heteroatoms. The summed E-state index contributed by atoms with van der Waals surface area (Å²) in [7, 11) is 3.03. The van der Waals surface area contributed by atoms with Crippen LogP contribution in [0.5, 0.6) is 5.75 Å². The number of ether oxygens (including phenoxy) is 2. The van der Waals surface area contributed by atoms with Gasteiger partial charge in [-0.2, -0.15) is 0 Å². The third kappa shape index (κ3) is 7.06. The summed E-state index contributed by atoms with van der Waals surface area (Å²) in [5, 5.41) is 2.07. The molecule has 1 amide bonds. The average molecular weight is 211 g/mol. The molecule has 1 N–H and O–H groups in total. The number of para-hydroxylation sites is 1. The van der Waals surface area contributed by atoms with Crippen molar-refractivity contribution in [3.63, 3.8) is 0 Å². The molecule has 0 saturated heterocycles. The Morgan fingerprint density at radius 2 is 1.93 bits per heavy atom. The van der Waals surface area contributed by atoms with Crippen LogP contribution in [0.25, 0.3) is 0 Å². The zero-order valence-electron chi connectivity index (χ0n) is 8.60. The first-order valence-corrected chi connectivity index (χ1v) is 4.15. The minimum atomic E-state index is -0.741. The van der Waals surface area contributed by atoms with Crippen molar-refractivity contribution in [3.8, 4) is 5.75 Å². The van der Waals surface area contributed by atoms with Gasteiger partial charge in [-0.1, -0.05) is 18.2 Å². The quantitative estimate of drug-likeness (QED) is 0.589. The number of hydrogen-bond acceptors (Lipinski definition) is 4. The van der Waals surface area contributed by atoms with Crippen LogP contribution in [0.2, 0.25) is 0 Å². The van der Waals surface area contributed by atoms with E-state index in [2.05, 4.69) is 10.1 Å². The van der Waals surface area contributed by atoms with E-state index < -0.39 is 6.09 Å². The molecule has 0 unspecified atom stereocenters. The zero-order chi connectivity index (χ0) is 11.5. The molecule has 0 aromatic heterocycles. The van der Waals surface area contributed by atoms with Gasteiger partial charge in [0.15, 0.2) is 0 Å². The standard InChI is InChI=1S/C7H8O.C3H5NO3/c1-8-7-5-3-2-4-6-7;1-4-3(6)7-2-5/h2-6H,1H3;2H,1H3,(H,4,6). The van der Waals surface area contributed by atoms with E-state index >= 15 is 0 Å². The van der Waals surface area contributed by atoms with Gasteiger partial charge in [-0.3, -0.25) is 4.79 Å². The highest BCUT2D eigenvalue weighted by atomic mass is 16.6. The monoisotopic (exact) mass is 211 g/mol. The molecular formula is C10H13NO4. The third-order valence-corrected chi connectivity index (χ3v) is 1.34. The van der Waals surface area contributed by atoms with Crippen molar-refractivity contribution in [3.05, 3.63) is 30.3 Å². The smallest absolute Gasteiger partial charge is 0.414 e. The SMILES string of the molecule is CNC(=O)OC=O.COc1ccccc1. The predicted molar refractivity (Wildman–Crippen MR) is 54.6 cm³/mol. The number of benzene rings is 1. The molecule has 0 saturated carbocycles.